The maximum Gasteiger partial charge on any atom is 0.407 e. The Kier molecular flexibility index (Phi) is 6.13. The zero-order chi connectivity index (χ0) is 23.1. The van der Waals surface area contributed by atoms with Gasteiger partial charge in [-0.25, -0.2) is 9.78 Å². The molecule has 7 nitrogen and oxygen atoms in total. The summed E-state index contributed by atoms with van der Waals surface area (Å²) in [5.74, 6) is 1.69. The molecule has 4 bridgehead atoms. The number of alkyl carbamates (subject to hydrolysis) is 1. The van der Waals surface area contributed by atoms with Crippen LogP contribution in [0.5, 0.6) is 0 Å². The van der Waals surface area contributed by atoms with Gasteiger partial charge >= 0.3 is 6.09 Å². The summed E-state index contributed by atoms with van der Waals surface area (Å²) in [7, 11) is 0. The van der Waals surface area contributed by atoms with Crippen LogP contribution in [0, 0.1) is 17.3 Å². The molecule has 4 saturated carbocycles. The number of amides is 2. The van der Waals surface area contributed by atoms with Gasteiger partial charge in [-0.05, 0) is 68.6 Å². The van der Waals surface area contributed by atoms with E-state index < -0.39 is 17.1 Å². The van der Waals surface area contributed by atoms with Crippen molar-refractivity contribution in [1.82, 2.24) is 10.3 Å². The van der Waals surface area contributed by atoms with E-state index in [0.29, 0.717) is 30.6 Å². The van der Waals surface area contributed by atoms with E-state index in [1.807, 2.05) is 18.2 Å². The number of anilines is 1. The third-order valence-corrected chi connectivity index (χ3v) is 9.23. The fraction of sp³-hybridized carbons (Fsp3) is 0.542. The van der Waals surface area contributed by atoms with Gasteiger partial charge in [0.1, 0.15) is 6.61 Å². The van der Waals surface area contributed by atoms with E-state index in [-0.39, 0.29) is 12.5 Å². The average molecular weight is 488 g/mol. The fourth-order valence-corrected chi connectivity index (χ4v) is 8.30. The number of ether oxygens (including phenoxy) is 1. The Morgan fingerprint density at radius 3 is 2.82 bits per heavy atom. The largest absolute Gasteiger partial charge is 0.445 e. The third-order valence-electron chi connectivity index (χ3n) is 7.07. The molecule has 33 heavy (non-hydrogen) atoms. The second kappa shape index (κ2) is 8.92. The molecule has 0 saturated heterocycles. The van der Waals surface area contributed by atoms with Crippen molar-refractivity contribution in [1.29, 1.82) is 0 Å². The molecule has 6 rings (SSSR count). The second-order valence-corrected chi connectivity index (χ2v) is 12.1. The Morgan fingerprint density at radius 2 is 2.09 bits per heavy atom. The van der Waals surface area contributed by atoms with E-state index in [4.69, 9.17) is 4.74 Å². The molecule has 1 aromatic carbocycles. The van der Waals surface area contributed by atoms with Crippen LogP contribution in [-0.4, -0.2) is 46.6 Å². The first-order valence-corrected chi connectivity index (χ1v) is 13.3. The van der Waals surface area contributed by atoms with Crippen molar-refractivity contribution < 1.29 is 19.4 Å². The number of aromatic nitrogens is 1. The zero-order valence-electron chi connectivity index (χ0n) is 18.5. The molecule has 2 atom stereocenters. The Balaban J connectivity index is 1.19. The minimum atomic E-state index is -0.646. The monoisotopic (exact) mass is 487 g/mol. The molecule has 2 amide bonds. The number of carbonyl (C=O) groups is 2. The van der Waals surface area contributed by atoms with Crippen molar-refractivity contribution in [3.63, 3.8) is 0 Å². The second-order valence-electron chi connectivity index (χ2n) is 9.74. The lowest BCUT2D eigenvalue weighted by Gasteiger charge is -2.59. The highest BCUT2D eigenvalue weighted by atomic mass is 32.2. The first-order valence-electron chi connectivity index (χ1n) is 11.5. The molecular weight excluding hydrogens is 458 g/mol. The van der Waals surface area contributed by atoms with Gasteiger partial charge < -0.3 is 20.5 Å². The summed E-state index contributed by atoms with van der Waals surface area (Å²) in [6.07, 6.45) is 6.35. The molecular formula is C24H29N3O4S2. The van der Waals surface area contributed by atoms with Crippen LogP contribution in [-0.2, 0) is 9.53 Å². The van der Waals surface area contributed by atoms with Crippen LogP contribution in [0.3, 0.4) is 0 Å². The number of hydrogen-bond donors (Lipinski definition) is 3. The van der Waals surface area contributed by atoms with Crippen molar-refractivity contribution >= 4 is 51.0 Å². The van der Waals surface area contributed by atoms with Gasteiger partial charge in [0, 0.05) is 18.0 Å². The summed E-state index contributed by atoms with van der Waals surface area (Å²) in [4.78, 5) is 29.4. The number of benzene rings is 1. The molecule has 0 spiro atoms. The van der Waals surface area contributed by atoms with Crippen molar-refractivity contribution in [2.75, 3.05) is 24.2 Å². The van der Waals surface area contributed by atoms with Crippen LogP contribution in [0.15, 0.2) is 35.2 Å². The van der Waals surface area contributed by atoms with Gasteiger partial charge in [-0.15, -0.1) is 11.3 Å². The van der Waals surface area contributed by atoms with Gasteiger partial charge in [0.25, 0.3) is 0 Å². The van der Waals surface area contributed by atoms with Gasteiger partial charge in [0.05, 0.1) is 21.2 Å². The standard InChI is InChI=1S/C24H29N3O4S2/c1-2-6-31-21(29)25-5-7-32-22-27-18-4-3-17(9-19(18)33-22)26-20(28)23-10-15-8-16(11-23)13-24(30,12-15)14-23/h2-4,9,15-16,30H,1,5-8,10-14H2,(H,25,29)(H,26,28). The Bertz CT molecular complexity index is 1070. The Labute approximate surface area is 201 Å². The number of thiazole rings is 1. The van der Waals surface area contributed by atoms with Crippen molar-refractivity contribution in [2.24, 2.45) is 17.3 Å². The lowest BCUT2D eigenvalue weighted by molar-refractivity contribution is -0.174. The van der Waals surface area contributed by atoms with Crippen molar-refractivity contribution in [3.05, 3.63) is 30.9 Å². The van der Waals surface area contributed by atoms with Gasteiger partial charge in [0.2, 0.25) is 5.91 Å². The lowest BCUT2D eigenvalue weighted by Crippen LogP contribution is -2.59. The Morgan fingerprint density at radius 1 is 1.30 bits per heavy atom. The SMILES string of the molecule is C=CCOC(=O)NCCSc1nc2ccc(NC(=O)C34CC5CC(CC(O)(C5)C3)C4)cc2s1. The van der Waals surface area contributed by atoms with Gasteiger partial charge in [0.15, 0.2) is 4.34 Å². The molecule has 1 heterocycles. The molecule has 0 radical (unpaired) electrons. The number of hydrogen-bond acceptors (Lipinski definition) is 7. The maximum atomic E-state index is 13.4. The number of fused-ring (bicyclic) bond motifs is 1. The lowest BCUT2D eigenvalue weighted by atomic mass is 9.47. The van der Waals surface area contributed by atoms with E-state index in [1.54, 1.807) is 23.1 Å². The summed E-state index contributed by atoms with van der Waals surface area (Å²) in [6, 6.07) is 5.82. The van der Waals surface area contributed by atoms with Crippen LogP contribution in [0.2, 0.25) is 0 Å². The summed E-state index contributed by atoms with van der Waals surface area (Å²) in [6.45, 7) is 4.18. The molecule has 4 aliphatic carbocycles. The molecule has 3 N–H and O–H groups in total. The third kappa shape index (κ3) is 4.76. The average Bonchev–Trinajstić information content (AvgIpc) is 3.15. The minimum Gasteiger partial charge on any atom is -0.445 e. The van der Waals surface area contributed by atoms with Crippen LogP contribution >= 0.6 is 23.1 Å². The van der Waals surface area contributed by atoms with Crippen molar-refractivity contribution in [2.45, 2.75) is 48.5 Å². The van der Waals surface area contributed by atoms with Crippen LogP contribution in [0.1, 0.15) is 38.5 Å². The highest BCUT2D eigenvalue weighted by Gasteiger charge is 2.60. The number of rotatable bonds is 8. The maximum absolute atomic E-state index is 13.4. The van der Waals surface area contributed by atoms with E-state index in [2.05, 4.69) is 22.2 Å². The Hall–Kier alpha value is -2.10. The van der Waals surface area contributed by atoms with E-state index in [1.165, 1.54) is 6.08 Å². The topological polar surface area (TPSA) is 101 Å². The minimum absolute atomic E-state index is 0.0582. The number of thioether (sulfide) groups is 1. The molecule has 2 unspecified atom stereocenters. The van der Waals surface area contributed by atoms with Crippen LogP contribution in [0.25, 0.3) is 10.2 Å². The predicted molar refractivity (Wildman–Crippen MR) is 131 cm³/mol. The summed E-state index contributed by atoms with van der Waals surface area (Å²) in [5.41, 5.74) is 0.597. The quantitative estimate of drug-likeness (QED) is 0.287. The van der Waals surface area contributed by atoms with Gasteiger partial charge in [-0.3, -0.25) is 4.79 Å². The highest BCUT2D eigenvalue weighted by molar-refractivity contribution is 8.01. The van der Waals surface area contributed by atoms with E-state index in [0.717, 1.165) is 52.3 Å². The molecule has 4 aliphatic rings. The molecule has 4 fully saturated rings. The number of aliphatic hydroxyl groups is 1. The number of carbonyl (C=O) groups excluding carboxylic acids is 2. The summed E-state index contributed by atoms with van der Waals surface area (Å²) >= 11 is 3.15. The van der Waals surface area contributed by atoms with Crippen molar-refractivity contribution in [3.8, 4) is 0 Å². The number of nitrogens with one attached hydrogen (secondary N) is 2. The van der Waals surface area contributed by atoms with Crippen LogP contribution in [0.4, 0.5) is 10.5 Å². The molecule has 176 valence electrons. The molecule has 2 aromatic rings. The number of nitrogens with zero attached hydrogens (tertiary/aromatic N) is 1. The van der Waals surface area contributed by atoms with Gasteiger partial charge in [-0.2, -0.15) is 0 Å². The fourth-order valence-electron chi connectivity index (χ4n) is 6.26. The smallest absolute Gasteiger partial charge is 0.407 e. The summed E-state index contributed by atoms with van der Waals surface area (Å²) in [5, 5.41) is 16.8. The zero-order valence-corrected chi connectivity index (χ0v) is 20.1. The first-order chi connectivity index (χ1) is 15.9. The molecule has 1 aromatic heterocycles. The van der Waals surface area contributed by atoms with Gasteiger partial charge in [-0.1, -0.05) is 24.4 Å². The van der Waals surface area contributed by atoms with E-state index >= 15 is 0 Å². The van der Waals surface area contributed by atoms with Crippen LogP contribution < -0.4 is 10.6 Å². The van der Waals surface area contributed by atoms with E-state index in [9.17, 15) is 14.7 Å². The summed E-state index contributed by atoms with van der Waals surface area (Å²) < 4.78 is 6.81. The normalized spacial score (nSPS) is 29.7. The molecule has 0 aliphatic heterocycles. The first kappa shape index (κ1) is 22.7. The highest BCUT2D eigenvalue weighted by Crippen LogP contribution is 2.61. The predicted octanol–water partition coefficient (Wildman–Crippen LogP) is 4.57. The molecule has 9 heteroatoms.